The quantitative estimate of drug-likeness (QED) is 0.765. The maximum absolute atomic E-state index is 11.3. The number of carbonyl (C=O) groups excluding carboxylic acids is 1. The van der Waals surface area contributed by atoms with Crippen LogP contribution in [0.5, 0.6) is 0 Å². The molecule has 1 aromatic heterocycles. The molecule has 0 aromatic carbocycles. The van der Waals surface area contributed by atoms with Gasteiger partial charge in [0.1, 0.15) is 0 Å². The second-order valence-corrected chi connectivity index (χ2v) is 4.15. The zero-order valence-electron chi connectivity index (χ0n) is 8.37. The third-order valence-electron chi connectivity index (χ3n) is 1.88. The lowest BCUT2D eigenvalue weighted by Gasteiger charge is -2.10. The Morgan fingerprint density at radius 3 is 2.71 bits per heavy atom. The number of nitrogens with zero attached hydrogens (tertiary/aromatic N) is 1. The second kappa shape index (κ2) is 4.55. The minimum absolute atomic E-state index is 0.245. The number of methoxy groups -OCH3 is 1. The lowest BCUT2D eigenvalue weighted by Crippen LogP contribution is -2.09. The topological polar surface area (TPSA) is 39.2 Å². The summed E-state index contributed by atoms with van der Waals surface area (Å²) in [7, 11) is 1.36. The molecule has 0 aliphatic carbocycles. The van der Waals surface area contributed by atoms with Gasteiger partial charge in [-0.25, -0.2) is 9.78 Å². The minimum Gasteiger partial charge on any atom is -0.464 e. The van der Waals surface area contributed by atoms with Crippen LogP contribution in [-0.4, -0.2) is 18.1 Å². The fourth-order valence-corrected chi connectivity index (χ4v) is 1.51. The summed E-state index contributed by atoms with van der Waals surface area (Å²) in [5.41, 5.74) is 1.29. The van der Waals surface area contributed by atoms with Crippen LogP contribution in [0, 0.1) is 0 Å². The maximum atomic E-state index is 11.3. The van der Waals surface area contributed by atoms with E-state index in [1.54, 1.807) is 6.20 Å². The van der Waals surface area contributed by atoms with Crippen molar-refractivity contribution in [2.75, 3.05) is 7.11 Å². The normalized spacial score (nSPS) is 10.4. The van der Waals surface area contributed by atoms with Crippen LogP contribution in [0.15, 0.2) is 16.7 Å². The van der Waals surface area contributed by atoms with Crippen molar-refractivity contribution in [2.24, 2.45) is 0 Å². The number of hydrogen-bond donors (Lipinski definition) is 0. The number of hydrogen-bond acceptors (Lipinski definition) is 3. The van der Waals surface area contributed by atoms with Gasteiger partial charge in [-0.15, -0.1) is 0 Å². The third-order valence-corrected chi connectivity index (χ3v) is 2.32. The average Bonchev–Trinajstić information content (AvgIpc) is 2.16. The summed E-state index contributed by atoms with van der Waals surface area (Å²) < 4.78 is 5.52. The molecule has 0 aliphatic heterocycles. The minimum atomic E-state index is -0.388. The maximum Gasteiger partial charge on any atom is 0.356 e. The monoisotopic (exact) mass is 257 g/mol. The predicted molar refractivity (Wildman–Crippen MR) is 57.4 cm³/mol. The average molecular weight is 258 g/mol. The Morgan fingerprint density at radius 1 is 1.57 bits per heavy atom. The van der Waals surface area contributed by atoms with Crippen molar-refractivity contribution in [3.63, 3.8) is 0 Å². The summed E-state index contributed by atoms with van der Waals surface area (Å²) in [6.07, 6.45) is 1.60. The highest BCUT2D eigenvalue weighted by molar-refractivity contribution is 9.10. The highest BCUT2D eigenvalue weighted by atomic mass is 79.9. The highest BCUT2D eigenvalue weighted by Gasteiger charge is 2.15. The summed E-state index contributed by atoms with van der Waals surface area (Å²) in [5, 5.41) is 0. The molecule has 1 heterocycles. The number of ether oxygens (including phenoxy) is 1. The predicted octanol–water partition coefficient (Wildman–Crippen LogP) is 2.75. The molecule has 3 nitrogen and oxygen atoms in total. The molecule has 1 aromatic rings. The van der Waals surface area contributed by atoms with Crippen molar-refractivity contribution >= 4 is 21.9 Å². The number of pyridine rings is 1. The summed E-state index contributed by atoms with van der Waals surface area (Å²) in [5.74, 6) is -0.143. The van der Waals surface area contributed by atoms with E-state index in [4.69, 9.17) is 0 Å². The molecule has 0 radical (unpaired) electrons. The Balaban J connectivity index is 3.21. The summed E-state index contributed by atoms with van der Waals surface area (Å²) >= 11 is 3.32. The fourth-order valence-electron chi connectivity index (χ4n) is 1.16. The van der Waals surface area contributed by atoms with Gasteiger partial charge in [0, 0.05) is 10.7 Å². The van der Waals surface area contributed by atoms with E-state index < -0.39 is 0 Å². The van der Waals surface area contributed by atoms with Crippen LogP contribution in [-0.2, 0) is 4.74 Å². The molecule has 0 saturated heterocycles. The molecule has 0 N–H and O–H groups in total. The molecule has 0 saturated carbocycles. The van der Waals surface area contributed by atoms with Crippen LogP contribution in [0.25, 0.3) is 0 Å². The van der Waals surface area contributed by atoms with Crippen LogP contribution in [0.2, 0.25) is 0 Å². The first kappa shape index (κ1) is 11.2. The first-order valence-corrected chi connectivity index (χ1v) is 5.09. The molecule has 0 atom stereocenters. The van der Waals surface area contributed by atoms with Crippen molar-refractivity contribution in [2.45, 2.75) is 19.8 Å². The van der Waals surface area contributed by atoms with Crippen LogP contribution < -0.4 is 0 Å². The molecule has 0 fully saturated rings. The molecular formula is C10H12BrNO2. The smallest absolute Gasteiger partial charge is 0.356 e. The number of carbonyl (C=O) groups is 1. The van der Waals surface area contributed by atoms with Gasteiger partial charge in [0.05, 0.1) is 7.11 Å². The van der Waals surface area contributed by atoms with E-state index in [2.05, 4.69) is 25.7 Å². The number of esters is 1. The standard InChI is InChI=1S/C10H12BrNO2/c1-6(2)8-4-7(11)5-12-9(8)10(13)14-3/h4-6H,1-3H3. The molecule has 0 unspecified atom stereocenters. The zero-order chi connectivity index (χ0) is 10.7. The van der Waals surface area contributed by atoms with Crippen molar-refractivity contribution < 1.29 is 9.53 Å². The Hall–Kier alpha value is -0.900. The lowest BCUT2D eigenvalue weighted by molar-refractivity contribution is 0.0592. The van der Waals surface area contributed by atoms with Gasteiger partial charge in [-0.2, -0.15) is 0 Å². The lowest BCUT2D eigenvalue weighted by atomic mass is 10.0. The molecular weight excluding hydrogens is 246 g/mol. The molecule has 76 valence electrons. The van der Waals surface area contributed by atoms with Crippen molar-refractivity contribution in [3.8, 4) is 0 Å². The van der Waals surface area contributed by atoms with Crippen molar-refractivity contribution in [1.29, 1.82) is 0 Å². The summed E-state index contributed by atoms with van der Waals surface area (Å²) in [6.45, 7) is 4.02. The van der Waals surface area contributed by atoms with Gasteiger partial charge in [0.2, 0.25) is 0 Å². The van der Waals surface area contributed by atoms with E-state index >= 15 is 0 Å². The Labute approximate surface area is 91.6 Å². The van der Waals surface area contributed by atoms with E-state index in [1.165, 1.54) is 7.11 Å². The Kier molecular flexibility index (Phi) is 3.63. The van der Waals surface area contributed by atoms with E-state index in [0.29, 0.717) is 5.69 Å². The van der Waals surface area contributed by atoms with Gasteiger partial charge in [-0.05, 0) is 33.5 Å². The van der Waals surface area contributed by atoms with Crippen molar-refractivity contribution in [3.05, 3.63) is 28.0 Å². The van der Waals surface area contributed by atoms with Crippen LogP contribution in [0.4, 0.5) is 0 Å². The molecule has 0 spiro atoms. The first-order chi connectivity index (χ1) is 6.56. The molecule has 0 bridgehead atoms. The zero-order valence-corrected chi connectivity index (χ0v) is 9.96. The van der Waals surface area contributed by atoms with E-state index in [-0.39, 0.29) is 11.9 Å². The Bertz CT molecular complexity index is 350. The van der Waals surface area contributed by atoms with Gasteiger partial charge < -0.3 is 4.74 Å². The molecule has 0 aliphatic rings. The van der Waals surface area contributed by atoms with Crippen LogP contribution >= 0.6 is 15.9 Å². The molecule has 1 rings (SSSR count). The van der Waals surface area contributed by atoms with E-state index in [9.17, 15) is 4.79 Å². The first-order valence-electron chi connectivity index (χ1n) is 4.30. The fraction of sp³-hybridized carbons (Fsp3) is 0.400. The van der Waals surface area contributed by atoms with Crippen LogP contribution in [0.3, 0.4) is 0 Å². The number of halogens is 1. The molecule has 14 heavy (non-hydrogen) atoms. The number of rotatable bonds is 2. The molecule has 4 heteroatoms. The van der Waals surface area contributed by atoms with E-state index in [1.807, 2.05) is 19.9 Å². The SMILES string of the molecule is COC(=O)c1ncc(Br)cc1C(C)C. The second-order valence-electron chi connectivity index (χ2n) is 3.24. The van der Waals surface area contributed by atoms with Gasteiger partial charge >= 0.3 is 5.97 Å². The molecule has 0 amide bonds. The highest BCUT2D eigenvalue weighted by Crippen LogP contribution is 2.22. The van der Waals surface area contributed by atoms with E-state index in [0.717, 1.165) is 10.0 Å². The van der Waals surface area contributed by atoms with Crippen LogP contribution in [0.1, 0.15) is 35.8 Å². The Morgan fingerprint density at radius 2 is 2.21 bits per heavy atom. The largest absolute Gasteiger partial charge is 0.464 e. The van der Waals surface area contributed by atoms with Gasteiger partial charge in [-0.1, -0.05) is 13.8 Å². The number of aromatic nitrogens is 1. The van der Waals surface area contributed by atoms with Gasteiger partial charge in [-0.3, -0.25) is 0 Å². The van der Waals surface area contributed by atoms with Crippen molar-refractivity contribution in [1.82, 2.24) is 4.98 Å². The third kappa shape index (κ3) is 2.32. The van der Waals surface area contributed by atoms with Gasteiger partial charge in [0.25, 0.3) is 0 Å². The van der Waals surface area contributed by atoms with Gasteiger partial charge in [0.15, 0.2) is 5.69 Å². The summed E-state index contributed by atoms with van der Waals surface area (Å²) in [6, 6.07) is 1.89. The summed E-state index contributed by atoms with van der Waals surface area (Å²) in [4.78, 5) is 15.4.